The van der Waals surface area contributed by atoms with Crippen LogP contribution >= 0.6 is 11.6 Å². The van der Waals surface area contributed by atoms with Crippen LogP contribution in [-0.4, -0.2) is 49.7 Å². The number of halogens is 4. The Morgan fingerprint density at radius 3 is 2.56 bits per heavy atom. The summed E-state index contributed by atoms with van der Waals surface area (Å²) in [6, 6.07) is 6.03. The lowest BCUT2D eigenvalue weighted by atomic mass is 10.0. The van der Waals surface area contributed by atoms with Gasteiger partial charge in [-0.05, 0) is 24.3 Å². The molecule has 0 N–H and O–H groups in total. The summed E-state index contributed by atoms with van der Waals surface area (Å²) in [5, 5.41) is 16.4. The summed E-state index contributed by atoms with van der Waals surface area (Å²) in [4.78, 5) is 19.2. The van der Waals surface area contributed by atoms with Gasteiger partial charge in [-0.15, -0.1) is 4.80 Å². The number of aryl methyl sites for hydroxylation is 1. The van der Waals surface area contributed by atoms with Gasteiger partial charge in [0.2, 0.25) is 0 Å². The quantitative estimate of drug-likeness (QED) is 0.333. The third kappa shape index (κ3) is 3.27. The lowest BCUT2D eigenvalue weighted by Gasteiger charge is -2.13. The first-order valence-electron chi connectivity index (χ1n) is 10.4. The first-order chi connectivity index (χ1) is 17.2. The second-order valence-corrected chi connectivity index (χ2v) is 8.24. The van der Waals surface area contributed by atoms with Gasteiger partial charge in [0, 0.05) is 30.4 Å². The molecule has 0 unspecified atom stereocenters. The van der Waals surface area contributed by atoms with Gasteiger partial charge < -0.3 is 4.57 Å². The van der Waals surface area contributed by atoms with Gasteiger partial charge in [0.15, 0.2) is 17.3 Å². The topological polar surface area (TPSA) is 101 Å². The molecule has 0 saturated heterocycles. The van der Waals surface area contributed by atoms with Crippen LogP contribution in [0, 0.1) is 0 Å². The monoisotopic (exact) mass is 511 g/mol. The largest absolute Gasteiger partial charge is 0.434 e. The minimum atomic E-state index is -4.88. The molecule has 14 heteroatoms. The van der Waals surface area contributed by atoms with Gasteiger partial charge >= 0.3 is 6.18 Å². The molecule has 0 saturated carbocycles. The summed E-state index contributed by atoms with van der Waals surface area (Å²) in [5.41, 5.74) is -0.971. The van der Waals surface area contributed by atoms with Gasteiger partial charge in [-0.2, -0.15) is 33.6 Å². The van der Waals surface area contributed by atoms with E-state index >= 15 is 0 Å². The first kappa shape index (κ1) is 22.0. The van der Waals surface area contributed by atoms with Crippen molar-refractivity contribution in [2.45, 2.75) is 6.18 Å². The van der Waals surface area contributed by atoms with Crippen LogP contribution in [0.3, 0.4) is 0 Å². The number of ketones is 1. The molecule has 0 amide bonds. The van der Waals surface area contributed by atoms with Crippen LogP contribution in [0.5, 0.6) is 0 Å². The molecule has 6 rings (SSSR count). The van der Waals surface area contributed by atoms with Crippen molar-refractivity contribution in [2.75, 3.05) is 0 Å². The lowest BCUT2D eigenvalue weighted by molar-refractivity contribution is -0.143. The van der Waals surface area contributed by atoms with E-state index in [1.807, 2.05) is 0 Å². The molecular formula is C22H13ClF3N9O. The van der Waals surface area contributed by atoms with E-state index in [4.69, 9.17) is 11.6 Å². The summed E-state index contributed by atoms with van der Waals surface area (Å²) < 4.78 is 46.7. The van der Waals surface area contributed by atoms with Crippen molar-refractivity contribution in [3.63, 3.8) is 0 Å². The molecule has 36 heavy (non-hydrogen) atoms. The van der Waals surface area contributed by atoms with Crippen LogP contribution in [0.4, 0.5) is 13.2 Å². The molecule has 0 aromatic carbocycles. The van der Waals surface area contributed by atoms with Crippen molar-refractivity contribution >= 4 is 33.9 Å². The molecule has 0 radical (unpaired) electrons. The summed E-state index contributed by atoms with van der Waals surface area (Å²) in [7, 11) is 1.62. The standard InChI is InChI=1S/C22H13ClF3N9O/c1-32-11-14(12-9-15(23)21(31-20(12)32)35-28-6-7-29-35)18(36)13-10-30-34(19(13)22(24,25)26)17-3-2-8-33-16(17)4-5-27-33/h2-11H,1H3. The van der Waals surface area contributed by atoms with Crippen molar-refractivity contribution in [3.05, 3.63) is 83.3 Å². The van der Waals surface area contributed by atoms with E-state index in [-0.39, 0.29) is 27.5 Å². The van der Waals surface area contributed by atoms with E-state index in [0.717, 1.165) is 6.20 Å². The number of aromatic nitrogens is 9. The van der Waals surface area contributed by atoms with Crippen molar-refractivity contribution in [2.24, 2.45) is 7.05 Å². The molecule has 6 aromatic rings. The fourth-order valence-electron chi connectivity index (χ4n) is 4.14. The molecule has 6 heterocycles. The smallest absolute Gasteiger partial charge is 0.335 e. The zero-order valence-corrected chi connectivity index (χ0v) is 19.0. The highest BCUT2D eigenvalue weighted by atomic mass is 35.5. The Morgan fingerprint density at radius 2 is 1.81 bits per heavy atom. The predicted molar refractivity (Wildman–Crippen MR) is 121 cm³/mol. The van der Waals surface area contributed by atoms with Gasteiger partial charge in [0.05, 0.1) is 46.6 Å². The number of alkyl halides is 3. The van der Waals surface area contributed by atoms with E-state index in [1.54, 1.807) is 25.4 Å². The molecule has 0 spiro atoms. The Hall–Kier alpha value is -4.52. The highest BCUT2D eigenvalue weighted by molar-refractivity contribution is 6.33. The van der Waals surface area contributed by atoms with Gasteiger partial charge in [-0.1, -0.05) is 11.6 Å². The molecule has 0 aliphatic rings. The molecule has 0 aliphatic heterocycles. The van der Waals surface area contributed by atoms with E-state index in [1.165, 1.54) is 50.8 Å². The Balaban J connectivity index is 1.53. The van der Waals surface area contributed by atoms with Crippen LogP contribution in [0.2, 0.25) is 5.02 Å². The second-order valence-electron chi connectivity index (χ2n) is 7.84. The molecular weight excluding hydrogens is 499 g/mol. The Bertz CT molecular complexity index is 1780. The lowest BCUT2D eigenvalue weighted by Crippen LogP contribution is -2.18. The number of hydrogen-bond acceptors (Lipinski definition) is 6. The average molecular weight is 512 g/mol. The summed E-state index contributed by atoms with van der Waals surface area (Å²) in [6.07, 6.45) is 3.40. The Kier molecular flexibility index (Phi) is 4.73. The second kappa shape index (κ2) is 7.75. The van der Waals surface area contributed by atoms with E-state index < -0.39 is 23.2 Å². The number of hydrogen-bond donors (Lipinski definition) is 0. The van der Waals surface area contributed by atoms with E-state index in [2.05, 4.69) is 25.4 Å². The van der Waals surface area contributed by atoms with Gasteiger partial charge in [0.25, 0.3) is 0 Å². The average Bonchev–Trinajstić information content (AvgIpc) is 3.63. The van der Waals surface area contributed by atoms with Gasteiger partial charge in [-0.25, -0.2) is 14.2 Å². The molecule has 0 atom stereocenters. The maximum absolute atomic E-state index is 14.3. The number of fused-ring (bicyclic) bond motifs is 2. The molecule has 10 nitrogen and oxygen atoms in total. The van der Waals surface area contributed by atoms with Crippen LogP contribution in [-0.2, 0) is 13.2 Å². The molecule has 0 bridgehead atoms. The minimum Gasteiger partial charge on any atom is -0.335 e. The van der Waals surface area contributed by atoms with E-state index in [9.17, 15) is 18.0 Å². The van der Waals surface area contributed by atoms with Gasteiger partial charge in [0.1, 0.15) is 5.65 Å². The van der Waals surface area contributed by atoms with Crippen molar-refractivity contribution in [1.29, 1.82) is 0 Å². The van der Waals surface area contributed by atoms with Gasteiger partial charge in [-0.3, -0.25) is 4.79 Å². The Morgan fingerprint density at radius 1 is 1.03 bits per heavy atom. The highest BCUT2D eigenvalue weighted by Gasteiger charge is 2.41. The van der Waals surface area contributed by atoms with Crippen LogP contribution in [0.25, 0.3) is 28.1 Å². The zero-order chi connectivity index (χ0) is 25.2. The predicted octanol–water partition coefficient (Wildman–Crippen LogP) is 3.89. The summed E-state index contributed by atoms with van der Waals surface area (Å²) in [5.74, 6) is -0.658. The summed E-state index contributed by atoms with van der Waals surface area (Å²) in [6.45, 7) is 0. The van der Waals surface area contributed by atoms with Crippen LogP contribution < -0.4 is 0 Å². The highest BCUT2D eigenvalue weighted by Crippen LogP contribution is 2.36. The number of nitrogens with zero attached hydrogens (tertiary/aromatic N) is 9. The van der Waals surface area contributed by atoms with Crippen molar-refractivity contribution < 1.29 is 18.0 Å². The van der Waals surface area contributed by atoms with Crippen molar-refractivity contribution in [1.82, 2.24) is 43.9 Å². The van der Waals surface area contributed by atoms with E-state index in [0.29, 0.717) is 15.8 Å². The minimum absolute atomic E-state index is 0.00511. The third-order valence-electron chi connectivity index (χ3n) is 5.66. The zero-order valence-electron chi connectivity index (χ0n) is 18.2. The van der Waals surface area contributed by atoms with Crippen LogP contribution in [0.15, 0.2) is 61.4 Å². The van der Waals surface area contributed by atoms with Crippen LogP contribution in [0.1, 0.15) is 21.6 Å². The fraction of sp³-hybridized carbons (Fsp3) is 0.0909. The molecule has 6 aromatic heterocycles. The van der Waals surface area contributed by atoms with Crippen molar-refractivity contribution in [3.8, 4) is 11.5 Å². The number of carbonyl (C=O) groups excluding carboxylic acids is 1. The fourth-order valence-corrected chi connectivity index (χ4v) is 4.37. The first-order valence-corrected chi connectivity index (χ1v) is 10.8. The number of rotatable bonds is 4. The molecule has 180 valence electrons. The Labute approximate surface area is 204 Å². The SMILES string of the molecule is Cn1cc(C(=O)c2cnn(-c3cccn4nccc34)c2C(F)(F)F)c2cc(Cl)c(-n3nccn3)nc21. The molecule has 0 fully saturated rings. The maximum Gasteiger partial charge on any atom is 0.434 e. The normalized spacial score (nSPS) is 12.1. The third-order valence-corrected chi connectivity index (χ3v) is 5.94. The number of carbonyl (C=O) groups is 1. The summed E-state index contributed by atoms with van der Waals surface area (Å²) >= 11 is 6.37. The number of pyridine rings is 2. The molecule has 0 aliphatic carbocycles. The maximum atomic E-state index is 14.3.